The molecule has 0 bridgehead atoms. The van der Waals surface area contributed by atoms with Crippen molar-refractivity contribution in [2.45, 2.75) is 32.2 Å². The third-order valence-electron chi connectivity index (χ3n) is 4.94. The van der Waals surface area contributed by atoms with Gasteiger partial charge in [0.2, 0.25) is 11.8 Å². The smallest absolute Gasteiger partial charge is 0.307 e. The Balaban J connectivity index is 1.60. The number of anilines is 1. The minimum Gasteiger partial charge on any atom is -0.466 e. The maximum absolute atomic E-state index is 12.6. The summed E-state index contributed by atoms with van der Waals surface area (Å²) >= 11 is 0. The molecule has 1 fully saturated rings. The molecule has 1 saturated heterocycles. The van der Waals surface area contributed by atoms with Crippen LogP contribution in [0.25, 0.3) is 10.8 Å². The number of esters is 1. The Labute approximate surface area is 170 Å². The van der Waals surface area contributed by atoms with E-state index in [1.807, 2.05) is 49.4 Å². The van der Waals surface area contributed by atoms with Crippen molar-refractivity contribution < 1.29 is 19.1 Å². The van der Waals surface area contributed by atoms with E-state index in [0.717, 1.165) is 23.6 Å². The molecule has 0 radical (unpaired) electrons. The molecule has 7 nitrogen and oxygen atoms in total. The molecule has 7 heteroatoms. The quantitative estimate of drug-likeness (QED) is 0.527. The second kappa shape index (κ2) is 10.0. The van der Waals surface area contributed by atoms with Crippen LogP contribution in [0.4, 0.5) is 5.69 Å². The topological polar surface area (TPSA) is 87.7 Å². The Morgan fingerprint density at radius 1 is 1.21 bits per heavy atom. The van der Waals surface area contributed by atoms with Crippen LogP contribution in [0.15, 0.2) is 42.5 Å². The van der Waals surface area contributed by atoms with Gasteiger partial charge < -0.3 is 15.4 Å². The van der Waals surface area contributed by atoms with E-state index in [1.54, 1.807) is 4.90 Å². The number of ether oxygens (including phenoxy) is 1. The number of nitrogens with one attached hydrogen (secondary N) is 2. The summed E-state index contributed by atoms with van der Waals surface area (Å²) in [6, 6.07) is 12.9. The molecule has 2 amide bonds. The molecular weight excluding hydrogens is 370 g/mol. The third-order valence-corrected chi connectivity index (χ3v) is 4.94. The van der Waals surface area contributed by atoms with Gasteiger partial charge in [0.05, 0.1) is 19.6 Å². The Bertz CT molecular complexity index is 883. The van der Waals surface area contributed by atoms with E-state index < -0.39 is 12.0 Å². The molecule has 29 heavy (non-hydrogen) atoms. The van der Waals surface area contributed by atoms with Gasteiger partial charge in [0.1, 0.15) is 6.04 Å². The van der Waals surface area contributed by atoms with Gasteiger partial charge >= 0.3 is 5.97 Å². The number of amides is 2. The zero-order chi connectivity index (χ0) is 20.6. The molecule has 1 aliphatic heterocycles. The van der Waals surface area contributed by atoms with Crippen LogP contribution in [0.5, 0.6) is 0 Å². The van der Waals surface area contributed by atoms with Gasteiger partial charge in [0, 0.05) is 18.8 Å². The number of carbonyl (C=O) groups excluding carboxylic acids is 3. The first-order chi connectivity index (χ1) is 14.1. The normalized spacial score (nSPS) is 17.0. The Hall–Kier alpha value is -2.93. The SMILES string of the molecule is CCCCOC(=O)CC1C(=O)NCCN1CC(=O)Nc1ccc2ccccc2c1. The second-order valence-corrected chi connectivity index (χ2v) is 7.17. The summed E-state index contributed by atoms with van der Waals surface area (Å²) in [6.07, 6.45) is 1.66. The van der Waals surface area contributed by atoms with Crippen LogP contribution in [0.1, 0.15) is 26.2 Å². The molecule has 1 unspecified atom stereocenters. The van der Waals surface area contributed by atoms with Gasteiger partial charge in [-0.2, -0.15) is 0 Å². The number of nitrogens with zero attached hydrogens (tertiary/aromatic N) is 1. The van der Waals surface area contributed by atoms with Crippen LogP contribution in [0.2, 0.25) is 0 Å². The number of carbonyl (C=O) groups is 3. The van der Waals surface area contributed by atoms with Crippen molar-refractivity contribution in [1.29, 1.82) is 0 Å². The third kappa shape index (κ3) is 5.77. The predicted molar refractivity (Wildman–Crippen MR) is 111 cm³/mol. The first kappa shape index (κ1) is 20.8. The molecule has 0 aliphatic carbocycles. The van der Waals surface area contributed by atoms with Crippen molar-refractivity contribution >= 4 is 34.2 Å². The van der Waals surface area contributed by atoms with Gasteiger partial charge in [-0.1, -0.05) is 43.7 Å². The van der Waals surface area contributed by atoms with Crippen molar-refractivity contribution in [3.8, 4) is 0 Å². The van der Waals surface area contributed by atoms with Crippen molar-refractivity contribution in [2.75, 3.05) is 31.6 Å². The maximum Gasteiger partial charge on any atom is 0.307 e. The molecule has 0 aromatic heterocycles. The van der Waals surface area contributed by atoms with Crippen LogP contribution >= 0.6 is 0 Å². The number of rotatable bonds is 8. The van der Waals surface area contributed by atoms with Gasteiger partial charge in [0.25, 0.3) is 0 Å². The fourth-order valence-electron chi connectivity index (χ4n) is 3.37. The standard InChI is InChI=1S/C22H27N3O4/c1-2-3-12-29-21(27)14-19-22(28)23-10-11-25(19)15-20(26)24-18-9-8-16-6-4-5-7-17(16)13-18/h4-9,13,19H,2-3,10-12,14-15H2,1H3,(H,23,28)(H,24,26). The summed E-state index contributed by atoms with van der Waals surface area (Å²) < 4.78 is 5.18. The van der Waals surface area contributed by atoms with Crippen molar-refractivity contribution in [3.05, 3.63) is 42.5 Å². The fraction of sp³-hybridized carbons (Fsp3) is 0.409. The number of piperazine rings is 1. The first-order valence-corrected chi connectivity index (χ1v) is 10.0. The number of unbranched alkanes of at least 4 members (excludes halogenated alkanes) is 1. The summed E-state index contributed by atoms with van der Waals surface area (Å²) in [7, 11) is 0. The highest BCUT2D eigenvalue weighted by Gasteiger charge is 2.33. The average Bonchev–Trinajstić information content (AvgIpc) is 2.70. The summed E-state index contributed by atoms with van der Waals surface area (Å²) in [4.78, 5) is 38.6. The average molecular weight is 397 g/mol. The van der Waals surface area contributed by atoms with Gasteiger partial charge in [-0.05, 0) is 29.3 Å². The van der Waals surface area contributed by atoms with E-state index in [9.17, 15) is 14.4 Å². The van der Waals surface area contributed by atoms with Crippen molar-refractivity contribution in [3.63, 3.8) is 0 Å². The molecular formula is C22H27N3O4. The lowest BCUT2D eigenvalue weighted by atomic mass is 10.1. The summed E-state index contributed by atoms with van der Waals surface area (Å²) in [5.41, 5.74) is 0.700. The highest BCUT2D eigenvalue weighted by Crippen LogP contribution is 2.19. The minimum absolute atomic E-state index is 0.0349. The van der Waals surface area contributed by atoms with Gasteiger partial charge in [0.15, 0.2) is 0 Å². The molecule has 154 valence electrons. The van der Waals surface area contributed by atoms with Crippen LogP contribution in [0.3, 0.4) is 0 Å². The molecule has 1 atom stereocenters. The lowest BCUT2D eigenvalue weighted by molar-refractivity contribution is -0.149. The fourth-order valence-corrected chi connectivity index (χ4v) is 3.37. The maximum atomic E-state index is 12.6. The molecule has 2 N–H and O–H groups in total. The predicted octanol–water partition coefficient (Wildman–Crippen LogP) is 2.31. The molecule has 0 saturated carbocycles. The van der Waals surface area contributed by atoms with E-state index >= 15 is 0 Å². The summed E-state index contributed by atoms with van der Waals surface area (Å²) in [5.74, 6) is -0.887. The molecule has 0 spiro atoms. The highest BCUT2D eigenvalue weighted by atomic mass is 16.5. The van der Waals surface area contributed by atoms with E-state index in [0.29, 0.717) is 25.4 Å². The Morgan fingerprint density at radius 2 is 2.00 bits per heavy atom. The summed E-state index contributed by atoms with van der Waals surface area (Å²) in [6.45, 7) is 3.35. The molecule has 1 heterocycles. The van der Waals surface area contributed by atoms with Gasteiger partial charge in [-0.15, -0.1) is 0 Å². The van der Waals surface area contributed by atoms with Gasteiger partial charge in [-0.3, -0.25) is 19.3 Å². The molecule has 3 rings (SSSR count). The summed E-state index contributed by atoms with van der Waals surface area (Å²) in [5, 5.41) is 7.78. The zero-order valence-electron chi connectivity index (χ0n) is 16.6. The zero-order valence-corrected chi connectivity index (χ0v) is 16.6. The lowest BCUT2D eigenvalue weighted by Crippen LogP contribution is -2.57. The Kier molecular flexibility index (Phi) is 7.19. The molecule has 2 aromatic carbocycles. The monoisotopic (exact) mass is 397 g/mol. The van der Waals surface area contributed by atoms with E-state index in [4.69, 9.17) is 4.74 Å². The first-order valence-electron chi connectivity index (χ1n) is 10.0. The van der Waals surface area contributed by atoms with E-state index in [-0.39, 0.29) is 24.8 Å². The number of hydrogen-bond donors (Lipinski definition) is 2. The van der Waals surface area contributed by atoms with Crippen molar-refractivity contribution in [1.82, 2.24) is 10.2 Å². The van der Waals surface area contributed by atoms with Gasteiger partial charge in [-0.25, -0.2) is 0 Å². The molecule has 2 aromatic rings. The van der Waals surface area contributed by atoms with Crippen LogP contribution in [0, 0.1) is 0 Å². The molecule has 1 aliphatic rings. The highest BCUT2D eigenvalue weighted by molar-refractivity contribution is 5.96. The number of fused-ring (bicyclic) bond motifs is 1. The van der Waals surface area contributed by atoms with Crippen LogP contribution < -0.4 is 10.6 Å². The number of hydrogen-bond acceptors (Lipinski definition) is 5. The van der Waals surface area contributed by atoms with Crippen LogP contribution in [-0.2, 0) is 19.1 Å². The van der Waals surface area contributed by atoms with Crippen LogP contribution in [-0.4, -0.2) is 55.0 Å². The van der Waals surface area contributed by atoms with E-state index in [2.05, 4.69) is 10.6 Å². The van der Waals surface area contributed by atoms with Crippen molar-refractivity contribution in [2.24, 2.45) is 0 Å². The number of benzene rings is 2. The largest absolute Gasteiger partial charge is 0.466 e. The lowest BCUT2D eigenvalue weighted by Gasteiger charge is -2.33. The minimum atomic E-state index is -0.694. The second-order valence-electron chi connectivity index (χ2n) is 7.17. The Morgan fingerprint density at radius 3 is 2.79 bits per heavy atom. The van der Waals surface area contributed by atoms with E-state index in [1.165, 1.54) is 0 Å².